The molecule has 0 bridgehead atoms. The minimum atomic E-state index is 0.544. The van der Waals surface area contributed by atoms with Crippen LogP contribution >= 0.6 is 0 Å². The highest BCUT2D eigenvalue weighted by Gasteiger charge is 2.22. The Morgan fingerprint density at radius 1 is 0.372 bits per heavy atom. The molecule has 0 radical (unpaired) electrons. The standard InChI is InChI=1S/C37H23N5O/c1-5-14-24(15-6-1)31-33-32(39-34(38-31)25-16-7-2-8-17-25)30-28(22-13-23-29(30)43-33)37-41-35(26-18-9-3-10-19-26)40-36(42-37)27-20-11-4-12-21-27/h1-23H. The van der Waals surface area contributed by atoms with Crippen LogP contribution in [0.5, 0.6) is 0 Å². The van der Waals surface area contributed by atoms with Crippen LogP contribution in [0.2, 0.25) is 0 Å². The molecule has 0 aliphatic heterocycles. The van der Waals surface area contributed by atoms with E-state index in [1.165, 1.54) is 0 Å². The fraction of sp³-hybridized carbons (Fsp3) is 0. The fourth-order valence-electron chi connectivity index (χ4n) is 5.31. The summed E-state index contributed by atoms with van der Waals surface area (Å²) < 4.78 is 6.52. The molecule has 0 aliphatic carbocycles. The first-order chi connectivity index (χ1) is 21.3. The molecule has 6 nitrogen and oxygen atoms in total. The first kappa shape index (κ1) is 24.8. The van der Waals surface area contributed by atoms with Gasteiger partial charge in [-0.05, 0) is 6.07 Å². The third-order valence-electron chi connectivity index (χ3n) is 7.36. The van der Waals surface area contributed by atoms with Crippen LogP contribution < -0.4 is 0 Å². The Hall–Kier alpha value is -6.01. The summed E-state index contributed by atoms with van der Waals surface area (Å²) >= 11 is 0. The Kier molecular flexibility index (Phi) is 6.01. The third kappa shape index (κ3) is 4.51. The summed E-state index contributed by atoms with van der Waals surface area (Å²) in [7, 11) is 0. The quantitative estimate of drug-likeness (QED) is 0.212. The lowest BCUT2D eigenvalue weighted by molar-refractivity contribution is 0.667. The van der Waals surface area contributed by atoms with Gasteiger partial charge in [0.05, 0.1) is 5.39 Å². The molecule has 0 spiro atoms. The van der Waals surface area contributed by atoms with Crippen molar-refractivity contribution in [3.05, 3.63) is 140 Å². The first-order valence-corrected chi connectivity index (χ1v) is 14.0. The fourth-order valence-corrected chi connectivity index (χ4v) is 5.31. The van der Waals surface area contributed by atoms with Gasteiger partial charge in [0.25, 0.3) is 0 Å². The van der Waals surface area contributed by atoms with Crippen molar-refractivity contribution < 1.29 is 4.42 Å². The van der Waals surface area contributed by atoms with Crippen LogP contribution in [0, 0.1) is 0 Å². The summed E-state index contributed by atoms with van der Waals surface area (Å²) in [4.78, 5) is 24.9. The van der Waals surface area contributed by atoms with E-state index in [4.69, 9.17) is 29.3 Å². The van der Waals surface area contributed by atoms with Crippen LogP contribution in [0.15, 0.2) is 144 Å². The molecule has 8 aromatic rings. The molecule has 8 rings (SSSR count). The zero-order valence-electron chi connectivity index (χ0n) is 22.9. The van der Waals surface area contributed by atoms with Crippen molar-refractivity contribution in [3.8, 4) is 56.8 Å². The maximum absolute atomic E-state index is 6.52. The number of nitrogens with zero attached hydrogens (tertiary/aromatic N) is 5. The molecule has 0 atom stereocenters. The molecule has 6 heteroatoms. The summed E-state index contributed by atoms with van der Waals surface area (Å²) in [5, 5.41) is 0.832. The molecule has 0 saturated carbocycles. The Balaban J connectivity index is 1.43. The lowest BCUT2D eigenvalue weighted by Gasteiger charge is -2.09. The van der Waals surface area contributed by atoms with Crippen molar-refractivity contribution in [2.24, 2.45) is 0 Å². The second kappa shape index (κ2) is 10.4. The molecular formula is C37H23N5O. The lowest BCUT2D eigenvalue weighted by Crippen LogP contribution is -2.00. The Morgan fingerprint density at radius 2 is 0.837 bits per heavy atom. The summed E-state index contributed by atoms with van der Waals surface area (Å²) in [6.45, 7) is 0. The zero-order valence-corrected chi connectivity index (χ0v) is 22.9. The van der Waals surface area contributed by atoms with Crippen molar-refractivity contribution in [3.63, 3.8) is 0 Å². The highest BCUT2D eigenvalue weighted by atomic mass is 16.3. The van der Waals surface area contributed by atoms with E-state index >= 15 is 0 Å². The largest absolute Gasteiger partial charge is 0.452 e. The van der Waals surface area contributed by atoms with Crippen LogP contribution in [0.4, 0.5) is 0 Å². The Labute approximate surface area is 247 Å². The Morgan fingerprint density at radius 3 is 1.37 bits per heavy atom. The second-order valence-electron chi connectivity index (χ2n) is 10.1. The average Bonchev–Trinajstić information content (AvgIpc) is 3.48. The molecular weight excluding hydrogens is 530 g/mol. The van der Waals surface area contributed by atoms with Crippen LogP contribution in [-0.2, 0) is 0 Å². The summed E-state index contributed by atoms with van der Waals surface area (Å²) in [5.41, 5.74) is 7.25. The second-order valence-corrected chi connectivity index (χ2v) is 10.1. The monoisotopic (exact) mass is 553 g/mol. The van der Waals surface area contributed by atoms with Crippen LogP contribution in [0.25, 0.3) is 78.9 Å². The normalized spacial score (nSPS) is 11.3. The number of hydrogen-bond acceptors (Lipinski definition) is 6. The first-order valence-electron chi connectivity index (χ1n) is 14.0. The molecule has 43 heavy (non-hydrogen) atoms. The maximum atomic E-state index is 6.52. The number of rotatable bonds is 5. The smallest absolute Gasteiger partial charge is 0.180 e. The Bertz CT molecular complexity index is 2160. The van der Waals surface area contributed by atoms with Gasteiger partial charge in [-0.2, -0.15) is 0 Å². The van der Waals surface area contributed by atoms with Gasteiger partial charge >= 0.3 is 0 Å². The predicted molar refractivity (Wildman–Crippen MR) is 170 cm³/mol. The summed E-state index contributed by atoms with van der Waals surface area (Å²) in [6, 6.07) is 45.9. The van der Waals surface area contributed by atoms with Gasteiger partial charge in [0, 0.05) is 27.8 Å². The van der Waals surface area contributed by atoms with Crippen LogP contribution in [-0.4, -0.2) is 24.9 Å². The lowest BCUT2D eigenvalue weighted by atomic mass is 10.1. The van der Waals surface area contributed by atoms with Crippen LogP contribution in [0.1, 0.15) is 0 Å². The van der Waals surface area contributed by atoms with Gasteiger partial charge in [-0.3, -0.25) is 0 Å². The van der Waals surface area contributed by atoms with Gasteiger partial charge in [0.1, 0.15) is 16.8 Å². The summed E-state index contributed by atoms with van der Waals surface area (Å²) in [5.74, 6) is 2.36. The third-order valence-corrected chi connectivity index (χ3v) is 7.36. The molecule has 0 unspecified atom stereocenters. The highest BCUT2D eigenvalue weighted by Crippen LogP contribution is 2.39. The molecule has 0 fully saturated rings. The molecule has 3 heterocycles. The van der Waals surface area contributed by atoms with Crippen molar-refractivity contribution >= 4 is 22.1 Å². The number of hydrogen-bond donors (Lipinski definition) is 0. The van der Waals surface area contributed by atoms with Crippen molar-refractivity contribution in [2.75, 3.05) is 0 Å². The van der Waals surface area contributed by atoms with E-state index in [0.29, 0.717) is 40.0 Å². The zero-order chi connectivity index (χ0) is 28.6. The summed E-state index contributed by atoms with van der Waals surface area (Å²) in [6.07, 6.45) is 0. The molecule has 0 saturated heterocycles. The van der Waals surface area contributed by atoms with Crippen LogP contribution in [0.3, 0.4) is 0 Å². The number of fused-ring (bicyclic) bond motifs is 3. The SMILES string of the molecule is c1ccc(-c2nc(-c3ccccc3)nc(-c3cccc4oc5c(-c6ccccc6)nc(-c6ccccc6)nc5c34)n2)cc1. The number of furan rings is 1. The maximum Gasteiger partial charge on any atom is 0.180 e. The van der Waals surface area contributed by atoms with E-state index < -0.39 is 0 Å². The van der Waals surface area contributed by atoms with E-state index in [1.54, 1.807) is 0 Å². The van der Waals surface area contributed by atoms with E-state index in [2.05, 4.69) is 0 Å². The molecule has 5 aromatic carbocycles. The predicted octanol–water partition coefficient (Wildman–Crippen LogP) is 8.90. The molecule has 202 valence electrons. The number of aromatic nitrogens is 5. The van der Waals surface area contributed by atoms with Crippen molar-refractivity contribution in [2.45, 2.75) is 0 Å². The van der Waals surface area contributed by atoms with Gasteiger partial charge in [0.15, 0.2) is 28.9 Å². The van der Waals surface area contributed by atoms with E-state index in [9.17, 15) is 0 Å². The van der Waals surface area contributed by atoms with E-state index in [1.807, 2.05) is 140 Å². The van der Waals surface area contributed by atoms with Gasteiger partial charge in [0.2, 0.25) is 0 Å². The minimum Gasteiger partial charge on any atom is -0.452 e. The van der Waals surface area contributed by atoms with Gasteiger partial charge in [-0.25, -0.2) is 24.9 Å². The molecule has 0 aliphatic rings. The average molecular weight is 554 g/mol. The van der Waals surface area contributed by atoms with Gasteiger partial charge in [-0.1, -0.05) is 133 Å². The van der Waals surface area contributed by atoms with E-state index in [0.717, 1.165) is 38.9 Å². The molecule has 3 aromatic heterocycles. The van der Waals surface area contributed by atoms with Gasteiger partial charge < -0.3 is 4.42 Å². The molecule has 0 N–H and O–H groups in total. The highest BCUT2D eigenvalue weighted by molar-refractivity contribution is 6.13. The van der Waals surface area contributed by atoms with Crippen molar-refractivity contribution in [1.29, 1.82) is 0 Å². The van der Waals surface area contributed by atoms with Gasteiger partial charge in [-0.15, -0.1) is 0 Å². The topological polar surface area (TPSA) is 77.6 Å². The minimum absolute atomic E-state index is 0.544. The number of benzene rings is 5. The molecule has 0 amide bonds. The van der Waals surface area contributed by atoms with E-state index in [-0.39, 0.29) is 0 Å². The van der Waals surface area contributed by atoms with Crippen molar-refractivity contribution in [1.82, 2.24) is 24.9 Å².